The Morgan fingerprint density at radius 1 is 0.545 bits per heavy atom. The molecular formula is C51H37N3S. The van der Waals surface area contributed by atoms with E-state index in [1.165, 1.54) is 75.5 Å². The van der Waals surface area contributed by atoms with Crippen molar-refractivity contribution < 1.29 is 0 Å². The van der Waals surface area contributed by atoms with Crippen LogP contribution in [0.3, 0.4) is 0 Å². The van der Waals surface area contributed by atoms with Crippen LogP contribution in [0, 0.1) is 0 Å². The summed E-state index contributed by atoms with van der Waals surface area (Å²) in [6.07, 6.45) is 0. The van der Waals surface area contributed by atoms with Gasteiger partial charge in [0.1, 0.15) is 0 Å². The van der Waals surface area contributed by atoms with Crippen LogP contribution >= 0.6 is 11.3 Å². The number of aliphatic imine (C=N–C) groups is 1. The minimum absolute atomic E-state index is 0.107. The van der Waals surface area contributed by atoms with Crippen LogP contribution in [0.2, 0.25) is 0 Å². The highest BCUT2D eigenvalue weighted by Gasteiger charge is 2.36. The summed E-state index contributed by atoms with van der Waals surface area (Å²) in [5.74, 6) is 0.797. The van der Waals surface area contributed by atoms with Crippen molar-refractivity contribution in [1.29, 1.82) is 0 Å². The normalized spacial score (nSPS) is 15.3. The van der Waals surface area contributed by atoms with Crippen LogP contribution in [-0.4, -0.2) is 5.96 Å². The summed E-state index contributed by atoms with van der Waals surface area (Å²) in [5.41, 5.74) is 13.0. The zero-order valence-electron chi connectivity index (χ0n) is 30.6. The van der Waals surface area contributed by atoms with Crippen molar-refractivity contribution in [1.82, 2.24) is 5.32 Å². The third-order valence-corrected chi connectivity index (χ3v) is 12.8. The lowest BCUT2D eigenvalue weighted by molar-refractivity contribution is 0.660. The van der Waals surface area contributed by atoms with Gasteiger partial charge >= 0.3 is 0 Å². The van der Waals surface area contributed by atoms with E-state index in [0.717, 1.165) is 23.0 Å². The van der Waals surface area contributed by atoms with E-state index in [1.54, 1.807) is 0 Å². The molecule has 0 spiro atoms. The smallest absolute Gasteiger partial charge is 0.209 e. The average Bonchev–Trinajstić information content (AvgIpc) is 3.70. The minimum Gasteiger partial charge on any atom is -0.344 e. The predicted octanol–water partition coefficient (Wildman–Crippen LogP) is 13.7. The van der Waals surface area contributed by atoms with Gasteiger partial charge in [0, 0.05) is 42.5 Å². The number of nitrogens with one attached hydrogen (secondary N) is 1. The van der Waals surface area contributed by atoms with Crippen LogP contribution in [0.15, 0.2) is 181 Å². The zero-order chi connectivity index (χ0) is 36.7. The summed E-state index contributed by atoms with van der Waals surface area (Å²) in [5, 5.41) is 9.13. The predicted molar refractivity (Wildman–Crippen MR) is 233 cm³/mol. The molecule has 0 saturated heterocycles. The molecule has 0 amide bonds. The van der Waals surface area contributed by atoms with Gasteiger partial charge in [0.15, 0.2) is 0 Å². The fourth-order valence-electron chi connectivity index (χ4n) is 8.88. The van der Waals surface area contributed by atoms with Gasteiger partial charge in [-0.1, -0.05) is 135 Å². The van der Waals surface area contributed by atoms with Crippen LogP contribution in [0.25, 0.3) is 53.2 Å². The number of para-hydroxylation sites is 1. The van der Waals surface area contributed by atoms with Gasteiger partial charge in [-0.3, -0.25) is 4.90 Å². The molecule has 1 aliphatic carbocycles. The van der Waals surface area contributed by atoms with Crippen molar-refractivity contribution >= 4 is 65.3 Å². The number of nitrogens with zero attached hydrogens (tertiary/aromatic N) is 2. The Kier molecular flexibility index (Phi) is 7.14. The van der Waals surface area contributed by atoms with E-state index in [1.807, 2.05) is 11.3 Å². The van der Waals surface area contributed by atoms with Gasteiger partial charge in [-0.25, -0.2) is 4.99 Å². The monoisotopic (exact) mass is 723 g/mol. The molecule has 8 aromatic carbocycles. The minimum atomic E-state index is -0.133. The third kappa shape index (κ3) is 5.13. The molecule has 9 aromatic rings. The molecule has 3 nitrogen and oxygen atoms in total. The van der Waals surface area contributed by atoms with Crippen molar-refractivity contribution in [3.05, 3.63) is 198 Å². The Balaban J connectivity index is 1.06. The maximum atomic E-state index is 5.39. The number of anilines is 2. The largest absolute Gasteiger partial charge is 0.344 e. The first-order chi connectivity index (χ1) is 27.0. The van der Waals surface area contributed by atoms with Crippen LogP contribution in [0.4, 0.5) is 17.1 Å². The fraction of sp³-hybridized carbons (Fsp3) is 0.0784. The molecule has 1 N–H and O–H groups in total. The molecule has 2 heterocycles. The van der Waals surface area contributed by atoms with Gasteiger partial charge in [-0.05, 0) is 104 Å². The number of thiophene rings is 1. The molecule has 55 heavy (non-hydrogen) atoms. The Morgan fingerprint density at radius 3 is 2.07 bits per heavy atom. The number of guanidine groups is 1. The Hall–Kier alpha value is -6.49. The summed E-state index contributed by atoms with van der Waals surface area (Å²) in [6.45, 7) is 4.69. The maximum absolute atomic E-state index is 5.39. The van der Waals surface area contributed by atoms with E-state index in [0.29, 0.717) is 0 Å². The molecule has 1 aromatic heterocycles. The third-order valence-electron chi connectivity index (χ3n) is 11.7. The van der Waals surface area contributed by atoms with Crippen LogP contribution in [0.1, 0.15) is 42.1 Å². The molecule has 262 valence electrons. The van der Waals surface area contributed by atoms with Crippen molar-refractivity contribution in [2.45, 2.75) is 25.3 Å². The van der Waals surface area contributed by atoms with Crippen molar-refractivity contribution in [3.8, 4) is 22.3 Å². The number of hydrogen-bond acceptors (Lipinski definition) is 4. The molecule has 0 radical (unpaired) electrons. The first kappa shape index (κ1) is 32.0. The molecule has 1 aliphatic heterocycles. The lowest BCUT2D eigenvalue weighted by atomic mass is 9.82. The van der Waals surface area contributed by atoms with E-state index in [2.05, 4.69) is 200 Å². The van der Waals surface area contributed by atoms with E-state index in [4.69, 9.17) is 4.99 Å². The molecule has 0 bridgehead atoms. The van der Waals surface area contributed by atoms with Gasteiger partial charge in [-0.15, -0.1) is 11.3 Å². The van der Waals surface area contributed by atoms with Crippen molar-refractivity contribution in [3.63, 3.8) is 0 Å². The zero-order valence-corrected chi connectivity index (χ0v) is 31.4. The highest BCUT2D eigenvalue weighted by atomic mass is 32.1. The first-order valence-corrected chi connectivity index (χ1v) is 19.8. The fourth-order valence-corrected chi connectivity index (χ4v) is 10.00. The molecule has 0 fully saturated rings. The molecule has 0 saturated carbocycles. The number of rotatable bonds is 4. The number of fused-ring (bicyclic) bond motifs is 8. The molecular weight excluding hydrogens is 687 g/mol. The van der Waals surface area contributed by atoms with Gasteiger partial charge in [0.25, 0.3) is 0 Å². The summed E-state index contributed by atoms with van der Waals surface area (Å²) >= 11 is 1.87. The van der Waals surface area contributed by atoms with E-state index in [-0.39, 0.29) is 11.5 Å². The lowest BCUT2D eigenvalue weighted by Gasteiger charge is -2.34. The van der Waals surface area contributed by atoms with Gasteiger partial charge in [-0.2, -0.15) is 0 Å². The molecule has 1 atom stereocenters. The molecule has 1 unspecified atom stereocenters. The highest BCUT2D eigenvalue weighted by Crippen LogP contribution is 2.50. The maximum Gasteiger partial charge on any atom is 0.209 e. The van der Waals surface area contributed by atoms with Crippen molar-refractivity contribution in [2.75, 3.05) is 4.90 Å². The van der Waals surface area contributed by atoms with Gasteiger partial charge in [0.05, 0.1) is 11.7 Å². The summed E-state index contributed by atoms with van der Waals surface area (Å²) in [6, 6.07) is 64.1. The quantitative estimate of drug-likeness (QED) is 0.196. The second kappa shape index (κ2) is 12.3. The summed E-state index contributed by atoms with van der Waals surface area (Å²) < 4.78 is 2.62. The molecule has 11 rings (SSSR count). The Morgan fingerprint density at radius 2 is 1.22 bits per heavy atom. The number of benzene rings is 8. The van der Waals surface area contributed by atoms with Crippen LogP contribution in [-0.2, 0) is 5.41 Å². The molecule has 4 heteroatoms. The van der Waals surface area contributed by atoms with Gasteiger partial charge in [0.2, 0.25) is 5.96 Å². The number of hydrogen-bond donors (Lipinski definition) is 1. The van der Waals surface area contributed by atoms with E-state index < -0.39 is 0 Å². The van der Waals surface area contributed by atoms with Gasteiger partial charge < -0.3 is 5.32 Å². The highest BCUT2D eigenvalue weighted by molar-refractivity contribution is 7.25. The second-order valence-electron chi connectivity index (χ2n) is 15.3. The summed E-state index contributed by atoms with van der Waals surface area (Å²) in [4.78, 5) is 7.70. The van der Waals surface area contributed by atoms with E-state index in [9.17, 15) is 0 Å². The SMILES string of the molecule is CC1(C)c2ccccc2-c2ccc(N(C3=Nc4ccccc4C(c4ccc5sc6cc7ccccc7cc6c5c4)N3)c3ccc(-c4ccccc4)cc3)cc21. The molecule has 2 aliphatic rings. The lowest BCUT2D eigenvalue weighted by Crippen LogP contribution is -2.42. The summed E-state index contributed by atoms with van der Waals surface area (Å²) in [7, 11) is 0. The Bertz CT molecular complexity index is 2990. The van der Waals surface area contributed by atoms with Crippen LogP contribution in [0.5, 0.6) is 0 Å². The van der Waals surface area contributed by atoms with Crippen LogP contribution < -0.4 is 10.2 Å². The topological polar surface area (TPSA) is 27.6 Å². The average molecular weight is 724 g/mol. The van der Waals surface area contributed by atoms with Crippen molar-refractivity contribution in [2.24, 2.45) is 4.99 Å². The second-order valence-corrected chi connectivity index (χ2v) is 16.4. The first-order valence-electron chi connectivity index (χ1n) is 19.0. The Labute approximate surface area is 324 Å². The standard InChI is InChI=1S/C51H37N3S/c1-51(2)44-18-10-8-16-39(44)40-26-25-38(31-45(40)51)54(37-23-20-33(21-24-37)32-12-4-3-5-13-32)50-52-46-19-11-9-17-41(46)49(53-50)36-22-27-47-42(29-36)43-28-34-14-6-7-15-35(34)30-48(43)55-47/h3-31,49H,1-2H3,(H,52,53). The van der Waals surface area contributed by atoms with E-state index >= 15 is 0 Å².